The summed E-state index contributed by atoms with van der Waals surface area (Å²) < 4.78 is 0. The Kier molecular flexibility index (Phi) is 13.0. The Balaban J connectivity index is 1.55. The molecule has 5 aromatic rings. The van der Waals surface area contributed by atoms with Crippen LogP contribution in [-0.2, 0) is 6.42 Å². The second-order valence-electron chi connectivity index (χ2n) is 13.7. The Morgan fingerprint density at radius 2 is 1.40 bits per heavy atom. The van der Waals surface area contributed by atoms with Crippen molar-refractivity contribution in [1.29, 1.82) is 0 Å². The highest BCUT2D eigenvalue weighted by Gasteiger charge is 2.16. The van der Waals surface area contributed by atoms with Crippen molar-refractivity contribution in [2.75, 3.05) is 4.90 Å². The van der Waals surface area contributed by atoms with Gasteiger partial charge in [-0.1, -0.05) is 154 Å². The number of benzene rings is 5. The fourth-order valence-electron chi connectivity index (χ4n) is 6.86. The minimum Gasteiger partial charge on any atom is -0.311 e. The molecule has 0 N–H and O–H groups in total. The first-order chi connectivity index (χ1) is 25.7. The van der Waals surface area contributed by atoms with Crippen molar-refractivity contribution in [3.05, 3.63) is 227 Å². The van der Waals surface area contributed by atoms with E-state index in [1.54, 1.807) is 0 Å². The van der Waals surface area contributed by atoms with Crippen LogP contribution in [0.5, 0.6) is 0 Å². The topological polar surface area (TPSA) is 3.24 Å². The van der Waals surface area contributed by atoms with Crippen LogP contribution in [0.4, 0.5) is 11.4 Å². The number of hydrogen-bond acceptors (Lipinski definition) is 1. The van der Waals surface area contributed by atoms with E-state index in [9.17, 15) is 0 Å². The number of nitrogens with zero attached hydrogens (tertiary/aromatic N) is 1. The third kappa shape index (κ3) is 9.12. The molecule has 0 aliphatic carbocycles. The van der Waals surface area contributed by atoms with Gasteiger partial charge in [-0.05, 0) is 144 Å². The molecule has 1 heteroatoms. The molecular formula is C52H53N. The van der Waals surface area contributed by atoms with Gasteiger partial charge in [-0.25, -0.2) is 0 Å². The molecule has 266 valence electrons. The molecule has 0 amide bonds. The standard InChI is InChI=1S/C52H53N/c1-10-19-52(37(5)6)40(9)39(8)51(13-4)47-28-27-46-36-50(33-29-45(46)35-47)53(48(12-3)30-24-38(7)43-21-15-14-16-22-43)49-31-25-41(26-32-49)34-44-23-18-17-20-42(44)11-2/h10-33,35-36,38H,2,4,9,34H2,1,3,5-8H3/b19-10-,30-24-,48-12+,51-39+. The van der Waals surface area contributed by atoms with Crippen molar-refractivity contribution in [3.63, 3.8) is 0 Å². The molecule has 1 nitrogen and oxygen atoms in total. The largest absolute Gasteiger partial charge is 0.311 e. The van der Waals surface area contributed by atoms with Gasteiger partial charge in [0.05, 0.1) is 0 Å². The quantitative estimate of drug-likeness (QED) is 0.105. The van der Waals surface area contributed by atoms with Crippen LogP contribution in [0.2, 0.25) is 0 Å². The highest BCUT2D eigenvalue weighted by molar-refractivity contribution is 5.92. The third-order valence-corrected chi connectivity index (χ3v) is 9.95. The summed E-state index contributed by atoms with van der Waals surface area (Å²) in [4.78, 5) is 2.36. The molecule has 0 fully saturated rings. The van der Waals surface area contributed by atoms with E-state index in [0.717, 1.165) is 51.3 Å². The van der Waals surface area contributed by atoms with Crippen LogP contribution in [0.1, 0.15) is 75.3 Å². The average Bonchev–Trinajstić information content (AvgIpc) is 3.19. The van der Waals surface area contributed by atoms with Gasteiger partial charge >= 0.3 is 0 Å². The van der Waals surface area contributed by atoms with Gasteiger partial charge in [-0.15, -0.1) is 0 Å². The second kappa shape index (κ2) is 18.0. The van der Waals surface area contributed by atoms with E-state index < -0.39 is 0 Å². The maximum absolute atomic E-state index is 4.48. The zero-order valence-electron chi connectivity index (χ0n) is 32.4. The van der Waals surface area contributed by atoms with Crippen LogP contribution in [0, 0.1) is 0 Å². The van der Waals surface area contributed by atoms with Gasteiger partial charge in [0, 0.05) is 17.1 Å². The Morgan fingerprint density at radius 3 is 2.06 bits per heavy atom. The highest BCUT2D eigenvalue weighted by Crippen LogP contribution is 2.36. The lowest BCUT2D eigenvalue weighted by molar-refractivity contribution is 0.964. The van der Waals surface area contributed by atoms with Crippen LogP contribution < -0.4 is 4.90 Å². The molecule has 53 heavy (non-hydrogen) atoms. The number of allylic oxidation sites excluding steroid dienone is 11. The van der Waals surface area contributed by atoms with E-state index in [-0.39, 0.29) is 5.92 Å². The lowest BCUT2D eigenvalue weighted by atomic mass is 9.89. The summed E-state index contributed by atoms with van der Waals surface area (Å²) in [6.07, 6.45) is 15.7. The van der Waals surface area contributed by atoms with Crippen LogP contribution >= 0.6 is 0 Å². The fourth-order valence-corrected chi connectivity index (χ4v) is 6.86. The maximum atomic E-state index is 4.48. The predicted octanol–water partition coefficient (Wildman–Crippen LogP) is 14.9. The van der Waals surface area contributed by atoms with Gasteiger partial charge in [-0.3, -0.25) is 0 Å². The van der Waals surface area contributed by atoms with Crippen molar-refractivity contribution in [1.82, 2.24) is 0 Å². The molecule has 0 spiro atoms. The van der Waals surface area contributed by atoms with Gasteiger partial charge in [-0.2, -0.15) is 0 Å². The van der Waals surface area contributed by atoms with E-state index in [1.165, 1.54) is 38.6 Å². The summed E-state index contributed by atoms with van der Waals surface area (Å²) >= 11 is 0. The zero-order valence-corrected chi connectivity index (χ0v) is 32.4. The minimum absolute atomic E-state index is 0.271. The lowest BCUT2D eigenvalue weighted by Gasteiger charge is -2.27. The molecule has 0 saturated carbocycles. The average molecular weight is 692 g/mol. The van der Waals surface area contributed by atoms with Crippen LogP contribution in [0.15, 0.2) is 199 Å². The highest BCUT2D eigenvalue weighted by atomic mass is 15.1. The molecule has 1 atom stereocenters. The number of anilines is 2. The first-order valence-electron chi connectivity index (χ1n) is 18.5. The molecule has 5 aromatic carbocycles. The first-order valence-corrected chi connectivity index (χ1v) is 18.5. The fraction of sp³-hybridized carbons (Fsp3) is 0.154. The number of rotatable bonds is 14. The Morgan fingerprint density at radius 1 is 0.736 bits per heavy atom. The van der Waals surface area contributed by atoms with Gasteiger partial charge < -0.3 is 4.90 Å². The third-order valence-electron chi connectivity index (χ3n) is 9.95. The molecule has 5 rings (SSSR count). The van der Waals surface area contributed by atoms with Crippen molar-refractivity contribution >= 4 is 33.8 Å². The maximum Gasteiger partial charge on any atom is 0.0467 e. The monoisotopic (exact) mass is 691 g/mol. The van der Waals surface area contributed by atoms with Crippen molar-refractivity contribution < 1.29 is 0 Å². The first kappa shape index (κ1) is 38.3. The molecule has 0 saturated heterocycles. The summed E-state index contributed by atoms with van der Waals surface area (Å²) in [5, 5.41) is 2.34. The summed E-state index contributed by atoms with van der Waals surface area (Å²) in [6.45, 7) is 25.5. The van der Waals surface area contributed by atoms with E-state index in [1.807, 2.05) is 19.1 Å². The van der Waals surface area contributed by atoms with Crippen molar-refractivity contribution in [2.24, 2.45) is 0 Å². The van der Waals surface area contributed by atoms with Crippen LogP contribution in [-0.4, -0.2) is 0 Å². The SMILES string of the molecule is C=C/C(=C(/C)C(=C)C(/C=C\C)=C(C)C)c1ccc2cc(N(C(/C=C\C(C)c3ccccc3)=C/C)c3ccc(Cc4ccccc4C=C)cc3)ccc2c1. The van der Waals surface area contributed by atoms with Crippen molar-refractivity contribution in [2.45, 2.75) is 53.9 Å². The molecular weight excluding hydrogens is 639 g/mol. The summed E-state index contributed by atoms with van der Waals surface area (Å²) in [5.41, 5.74) is 15.1. The van der Waals surface area contributed by atoms with Gasteiger partial charge in [0.2, 0.25) is 0 Å². The minimum atomic E-state index is 0.271. The van der Waals surface area contributed by atoms with Gasteiger partial charge in [0.15, 0.2) is 0 Å². The summed E-state index contributed by atoms with van der Waals surface area (Å²) in [7, 11) is 0. The number of hydrogen-bond donors (Lipinski definition) is 0. The van der Waals surface area contributed by atoms with E-state index in [0.29, 0.717) is 0 Å². The second-order valence-corrected chi connectivity index (χ2v) is 13.7. The molecule has 0 aliphatic rings. The van der Waals surface area contributed by atoms with Crippen LogP contribution in [0.3, 0.4) is 0 Å². The molecule has 0 aromatic heterocycles. The Bertz CT molecular complexity index is 2250. The molecule has 0 aliphatic heterocycles. The summed E-state index contributed by atoms with van der Waals surface area (Å²) in [5.74, 6) is 0.271. The number of fused-ring (bicyclic) bond motifs is 1. The normalized spacial score (nSPS) is 12.8. The summed E-state index contributed by atoms with van der Waals surface area (Å²) in [6, 6.07) is 41.6. The van der Waals surface area contributed by atoms with E-state index >= 15 is 0 Å². The predicted molar refractivity (Wildman–Crippen MR) is 235 cm³/mol. The van der Waals surface area contributed by atoms with Gasteiger partial charge in [0.25, 0.3) is 0 Å². The van der Waals surface area contributed by atoms with E-state index in [2.05, 4.69) is 205 Å². The lowest BCUT2D eigenvalue weighted by Crippen LogP contribution is -2.15. The zero-order chi connectivity index (χ0) is 37.9. The van der Waals surface area contributed by atoms with E-state index in [4.69, 9.17) is 0 Å². The smallest absolute Gasteiger partial charge is 0.0467 e. The Hall–Kier alpha value is -5.92. The van der Waals surface area contributed by atoms with Crippen LogP contribution in [0.25, 0.3) is 22.4 Å². The Labute approximate surface area is 318 Å². The van der Waals surface area contributed by atoms with Gasteiger partial charge in [0.1, 0.15) is 0 Å². The molecule has 0 radical (unpaired) electrons. The molecule has 1 unspecified atom stereocenters. The van der Waals surface area contributed by atoms with Crippen molar-refractivity contribution in [3.8, 4) is 0 Å². The molecule has 0 heterocycles. The molecule has 0 bridgehead atoms.